The molecule has 0 N–H and O–H groups in total. The molecule has 3 nitrogen and oxygen atoms in total. The molecule has 1 heterocycles. The van der Waals surface area contributed by atoms with E-state index in [1.807, 2.05) is 0 Å². The fraction of sp³-hybridized carbons (Fsp3) is 0.900. The predicted octanol–water partition coefficient (Wildman–Crippen LogP) is 2.32. The molecule has 15 heavy (non-hydrogen) atoms. The smallest absolute Gasteiger partial charge is 0.235 e. The quantitative estimate of drug-likeness (QED) is 0.554. The maximum atomic E-state index is 11.9. The molecule has 1 fully saturated rings. The summed E-state index contributed by atoms with van der Waals surface area (Å²) in [6.07, 6.45) is 5.48. The van der Waals surface area contributed by atoms with E-state index < -0.39 is 10.0 Å². The second-order valence-electron chi connectivity index (χ2n) is 3.95. The van der Waals surface area contributed by atoms with Crippen LogP contribution < -0.4 is 0 Å². The van der Waals surface area contributed by atoms with E-state index in [0.717, 1.165) is 38.5 Å². The summed E-state index contributed by atoms with van der Waals surface area (Å²) in [6, 6.07) is 0. The first-order chi connectivity index (χ1) is 7.08. The Balaban J connectivity index is 2.55. The summed E-state index contributed by atoms with van der Waals surface area (Å²) in [4.78, 5) is 0.609. The highest BCUT2D eigenvalue weighted by atomic mass is 32.2. The Morgan fingerprint density at radius 2 is 2.07 bits per heavy atom. The predicted molar refractivity (Wildman–Crippen MR) is 66.5 cm³/mol. The third kappa shape index (κ3) is 3.72. The SMILES string of the molecule is CCCCCS(=O)(=O)N1CCCCC1=S. The highest BCUT2D eigenvalue weighted by Crippen LogP contribution is 2.17. The first kappa shape index (κ1) is 12.9. The van der Waals surface area contributed by atoms with Crippen molar-refractivity contribution in [2.24, 2.45) is 0 Å². The van der Waals surface area contributed by atoms with Gasteiger partial charge >= 0.3 is 0 Å². The van der Waals surface area contributed by atoms with Crippen molar-refractivity contribution in [1.82, 2.24) is 4.31 Å². The van der Waals surface area contributed by atoms with Gasteiger partial charge in [0.2, 0.25) is 10.0 Å². The highest BCUT2D eigenvalue weighted by molar-refractivity contribution is 7.91. The number of hydrogen-bond acceptors (Lipinski definition) is 3. The van der Waals surface area contributed by atoms with Crippen LogP contribution in [-0.4, -0.2) is 30.0 Å². The van der Waals surface area contributed by atoms with Crippen molar-refractivity contribution < 1.29 is 8.42 Å². The molecule has 0 aromatic heterocycles. The zero-order chi connectivity index (χ0) is 11.3. The number of unbranched alkanes of at least 4 members (excludes halogenated alkanes) is 2. The van der Waals surface area contributed by atoms with Gasteiger partial charge in [-0.05, 0) is 25.7 Å². The van der Waals surface area contributed by atoms with Crippen LogP contribution in [0, 0.1) is 0 Å². The number of rotatable bonds is 5. The molecule has 0 saturated carbocycles. The Kier molecular flexibility index (Phi) is 4.99. The molecule has 88 valence electrons. The van der Waals surface area contributed by atoms with Crippen LogP contribution in [0.3, 0.4) is 0 Å². The highest BCUT2D eigenvalue weighted by Gasteiger charge is 2.25. The maximum absolute atomic E-state index is 11.9. The van der Waals surface area contributed by atoms with Gasteiger partial charge in [-0.2, -0.15) is 0 Å². The lowest BCUT2D eigenvalue weighted by Crippen LogP contribution is -2.40. The Labute approximate surface area is 97.9 Å². The Hall–Kier alpha value is -0.160. The van der Waals surface area contributed by atoms with Crippen molar-refractivity contribution in [3.8, 4) is 0 Å². The summed E-state index contributed by atoms with van der Waals surface area (Å²) < 4.78 is 25.3. The number of sulfonamides is 1. The summed E-state index contributed by atoms with van der Waals surface area (Å²) >= 11 is 5.10. The lowest BCUT2D eigenvalue weighted by Gasteiger charge is -2.28. The monoisotopic (exact) mass is 249 g/mol. The standard InChI is InChI=1S/C10H19NO2S2/c1-2-3-6-9-15(12,13)11-8-5-4-7-10(11)14/h2-9H2,1H3. The molecule has 0 atom stereocenters. The Bertz CT molecular complexity index is 311. The van der Waals surface area contributed by atoms with Gasteiger partial charge in [-0.15, -0.1) is 0 Å². The van der Waals surface area contributed by atoms with E-state index in [1.165, 1.54) is 4.31 Å². The Morgan fingerprint density at radius 3 is 2.67 bits per heavy atom. The molecule has 1 aliphatic heterocycles. The van der Waals surface area contributed by atoms with Crippen LogP contribution in [0.1, 0.15) is 45.4 Å². The fourth-order valence-electron chi connectivity index (χ4n) is 1.72. The third-order valence-electron chi connectivity index (χ3n) is 2.62. The van der Waals surface area contributed by atoms with E-state index in [1.54, 1.807) is 0 Å². The van der Waals surface area contributed by atoms with E-state index >= 15 is 0 Å². The van der Waals surface area contributed by atoms with E-state index in [-0.39, 0.29) is 5.75 Å². The van der Waals surface area contributed by atoms with Crippen LogP contribution in [0.2, 0.25) is 0 Å². The van der Waals surface area contributed by atoms with Gasteiger partial charge in [-0.25, -0.2) is 8.42 Å². The van der Waals surface area contributed by atoms with Gasteiger partial charge in [0.25, 0.3) is 0 Å². The molecule has 1 rings (SSSR count). The van der Waals surface area contributed by atoms with Gasteiger partial charge < -0.3 is 0 Å². The van der Waals surface area contributed by atoms with E-state index in [9.17, 15) is 8.42 Å². The van der Waals surface area contributed by atoms with Crippen molar-refractivity contribution in [3.05, 3.63) is 0 Å². The molecule has 1 aliphatic rings. The minimum atomic E-state index is -3.11. The molecular formula is C10H19NO2S2. The van der Waals surface area contributed by atoms with Crippen LogP contribution in [0.4, 0.5) is 0 Å². The first-order valence-corrected chi connectivity index (χ1v) is 7.63. The van der Waals surface area contributed by atoms with E-state index in [2.05, 4.69) is 6.92 Å². The first-order valence-electron chi connectivity index (χ1n) is 5.61. The fourth-order valence-corrected chi connectivity index (χ4v) is 3.89. The van der Waals surface area contributed by atoms with Gasteiger partial charge in [-0.3, -0.25) is 4.31 Å². The molecule has 0 aromatic rings. The largest absolute Gasteiger partial charge is 0.264 e. The summed E-state index contributed by atoms with van der Waals surface area (Å²) in [5, 5.41) is 0. The van der Waals surface area contributed by atoms with Gasteiger partial charge in [0.1, 0.15) is 0 Å². The molecule has 0 bridgehead atoms. The molecule has 1 saturated heterocycles. The van der Waals surface area contributed by atoms with Gasteiger partial charge in [0.05, 0.1) is 10.7 Å². The van der Waals surface area contributed by atoms with Crippen LogP contribution in [0.25, 0.3) is 0 Å². The zero-order valence-corrected chi connectivity index (χ0v) is 10.9. The van der Waals surface area contributed by atoms with Crippen LogP contribution >= 0.6 is 12.2 Å². The number of nitrogens with zero attached hydrogens (tertiary/aromatic N) is 1. The molecule has 0 amide bonds. The van der Waals surface area contributed by atoms with Crippen molar-refractivity contribution >= 4 is 27.2 Å². The van der Waals surface area contributed by atoms with Crippen molar-refractivity contribution in [3.63, 3.8) is 0 Å². The van der Waals surface area contributed by atoms with Crippen molar-refractivity contribution in [1.29, 1.82) is 0 Å². The summed E-state index contributed by atoms with van der Waals surface area (Å²) in [5.74, 6) is 0.251. The number of piperidine rings is 1. The molecule has 0 spiro atoms. The second-order valence-corrected chi connectivity index (χ2v) is 6.43. The minimum Gasteiger partial charge on any atom is -0.264 e. The van der Waals surface area contributed by atoms with E-state index in [0.29, 0.717) is 11.5 Å². The van der Waals surface area contributed by atoms with Gasteiger partial charge in [0, 0.05) is 6.54 Å². The topological polar surface area (TPSA) is 37.4 Å². The lowest BCUT2D eigenvalue weighted by molar-refractivity contribution is 0.482. The number of hydrogen-bond donors (Lipinski definition) is 0. The molecular weight excluding hydrogens is 230 g/mol. The van der Waals surface area contributed by atoms with Gasteiger partial charge in [-0.1, -0.05) is 32.0 Å². The summed E-state index contributed by atoms with van der Waals surface area (Å²) in [6.45, 7) is 2.66. The Morgan fingerprint density at radius 1 is 1.33 bits per heavy atom. The normalized spacial score (nSPS) is 18.2. The van der Waals surface area contributed by atoms with Crippen molar-refractivity contribution in [2.75, 3.05) is 12.3 Å². The maximum Gasteiger partial charge on any atom is 0.235 e. The third-order valence-corrected chi connectivity index (χ3v) is 5.04. The van der Waals surface area contributed by atoms with Crippen LogP contribution in [-0.2, 0) is 10.0 Å². The summed E-state index contributed by atoms with van der Waals surface area (Å²) in [7, 11) is -3.11. The minimum absolute atomic E-state index is 0.251. The summed E-state index contributed by atoms with van der Waals surface area (Å²) in [5.41, 5.74) is 0. The van der Waals surface area contributed by atoms with Gasteiger partial charge in [0.15, 0.2) is 0 Å². The molecule has 0 radical (unpaired) electrons. The van der Waals surface area contributed by atoms with Crippen LogP contribution in [0.5, 0.6) is 0 Å². The van der Waals surface area contributed by atoms with E-state index in [4.69, 9.17) is 12.2 Å². The molecule has 5 heteroatoms. The average Bonchev–Trinajstić information content (AvgIpc) is 2.18. The molecule has 0 aromatic carbocycles. The average molecular weight is 249 g/mol. The zero-order valence-electron chi connectivity index (χ0n) is 9.24. The molecule has 0 aliphatic carbocycles. The second kappa shape index (κ2) is 5.80. The lowest BCUT2D eigenvalue weighted by atomic mass is 10.2. The van der Waals surface area contributed by atoms with Crippen LogP contribution in [0.15, 0.2) is 0 Å². The molecule has 0 unspecified atom stereocenters. The van der Waals surface area contributed by atoms with Crippen molar-refractivity contribution in [2.45, 2.75) is 45.4 Å². The number of thiocarbonyl (C=S) groups is 1.